The van der Waals surface area contributed by atoms with Gasteiger partial charge in [-0.2, -0.15) is 0 Å². The number of nitrogens with zero attached hydrogens (tertiary/aromatic N) is 2. The van der Waals surface area contributed by atoms with E-state index in [1.165, 1.54) is 12.1 Å². The van der Waals surface area contributed by atoms with Crippen LogP contribution in [0.1, 0.15) is 23.3 Å². The van der Waals surface area contributed by atoms with Gasteiger partial charge in [0.2, 0.25) is 0 Å². The van der Waals surface area contributed by atoms with Crippen molar-refractivity contribution in [2.75, 3.05) is 18.0 Å². The lowest BCUT2D eigenvalue weighted by molar-refractivity contribution is 0.0923. The Bertz CT molecular complexity index is 642. The summed E-state index contributed by atoms with van der Waals surface area (Å²) in [6, 6.07) is 10.5. The minimum atomic E-state index is -0.214. The van der Waals surface area contributed by atoms with Gasteiger partial charge in [0, 0.05) is 38.1 Å². The van der Waals surface area contributed by atoms with Gasteiger partial charge in [-0.05, 0) is 49.2 Å². The molecule has 0 spiro atoms. The van der Waals surface area contributed by atoms with E-state index in [0.717, 1.165) is 31.6 Å². The van der Waals surface area contributed by atoms with E-state index in [4.69, 9.17) is 0 Å². The average Bonchev–Trinajstić information content (AvgIpc) is 2.95. The number of aryl methyl sites for hydroxylation is 1. The molecule has 1 aromatic heterocycles. The highest BCUT2D eigenvalue weighted by molar-refractivity contribution is 5.92. The maximum Gasteiger partial charge on any atom is 0.268 e. The number of hydrogen-bond donors (Lipinski definition) is 1. The molecule has 1 aromatic carbocycles. The Kier molecular flexibility index (Phi) is 4.13. The Morgan fingerprint density at radius 1 is 1.18 bits per heavy atom. The van der Waals surface area contributed by atoms with Crippen molar-refractivity contribution in [2.24, 2.45) is 7.05 Å². The van der Waals surface area contributed by atoms with E-state index in [2.05, 4.69) is 10.2 Å². The van der Waals surface area contributed by atoms with Crippen molar-refractivity contribution in [1.82, 2.24) is 9.88 Å². The minimum Gasteiger partial charge on any atom is -0.371 e. The number of hydrogen-bond acceptors (Lipinski definition) is 2. The standard InChI is InChI=1S/C17H20FN3O/c1-20-10-2-3-16(20)17(22)19-14-8-11-21(12-9-14)15-6-4-13(18)5-7-15/h2-7,10,14H,8-9,11-12H2,1H3,(H,19,22). The fraction of sp³-hybridized carbons (Fsp3) is 0.353. The van der Waals surface area contributed by atoms with Gasteiger partial charge in [-0.3, -0.25) is 4.79 Å². The first-order valence-corrected chi connectivity index (χ1v) is 7.56. The molecule has 1 aliphatic heterocycles. The lowest BCUT2D eigenvalue weighted by Crippen LogP contribution is -2.45. The maximum absolute atomic E-state index is 13.0. The minimum absolute atomic E-state index is 0.0206. The van der Waals surface area contributed by atoms with Gasteiger partial charge in [-0.1, -0.05) is 0 Å². The number of aromatic nitrogens is 1. The Labute approximate surface area is 129 Å². The summed E-state index contributed by atoms with van der Waals surface area (Å²) in [5.74, 6) is -0.235. The van der Waals surface area contributed by atoms with Crippen LogP contribution in [-0.4, -0.2) is 29.6 Å². The molecule has 0 aliphatic carbocycles. The highest BCUT2D eigenvalue weighted by Crippen LogP contribution is 2.20. The molecule has 1 aliphatic rings. The molecular weight excluding hydrogens is 281 g/mol. The maximum atomic E-state index is 13.0. The zero-order chi connectivity index (χ0) is 15.5. The summed E-state index contributed by atoms with van der Waals surface area (Å²) in [5.41, 5.74) is 1.72. The molecule has 0 atom stereocenters. The molecule has 5 heteroatoms. The summed E-state index contributed by atoms with van der Waals surface area (Å²) in [6.07, 6.45) is 3.66. The van der Waals surface area contributed by atoms with Crippen LogP contribution in [-0.2, 0) is 7.05 Å². The molecule has 1 N–H and O–H groups in total. The van der Waals surface area contributed by atoms with Gasteiger partial charge < -0.3 is 14.8 Å². The molecule has 1 saturated heterocycles. The normalized spacial score (nSPS) is 15.8. The highest BCUT2D eigenvalue weighted by Gasteiger charge is 2.22. The zero-order valence-corrected chi connectivity index (χ0v) is 12.6. The van der Waals surface area contributed by atoms with E-state index in [0.29, 0.717) is 5.69 Å². The molecule has 0 radical (unpaired) electrons. The highest BCUT2D eigenvalue weighted by atomic mass is 19.1. The van der Waals surface area contributed by atoms with Crippen molar-refractivity contribution < 1.29 is 9.18 Å². The van der Waals surface area contributed by atoms with Crippen LogP contribution in [0.3, 0.4) is 0 Å². The first-order chi connectivity index (χ1) is 10.6. The van der Waals surface area contributed by atoms with Gasteiger partial charge >= 0.3 is 0 Å². The SMILES string of the molecule is Cn1cccc1C(=O)NC1CCN(c2ccc(F)cc2)CC1. The number of benzene rings is 1. The molecular formula is C17H20FN3O. The molecule has 0 bridgehead atoms. The van der Waals surface area contributed by atoms with Crippen molar-refractivity contribution in [2.45, 2.75) is 18.9 Å². The largest absolute Gasteiger partial charge is 0.371 e. The van der Waals surface area contributed by atoms with E-state index in [1.54, 1.807) is 12.1 Å². The Morgan fingerprint density at radius 2 is 1.86 bits per heavy atom. The molecule has 2 aromatic rings. The van der Waals surface area contributed by atoms with E-state index >= 15 is 0 Å². The number of rotatable bonds is 3. The first kappa shape index (κ1) is 14.6. The Balaban J connectivity index is 1.55. The second-order valence-electron chi connectivity index (χ2n) is 5.72. The molecule has 1 amide bonds. The summed E-state index contributed by atoms with van der Waals surface area (Å²) in [4.78, 5) is 14.4. The van der Waals surface area contributed by atoms with Crippen LogP contribution in [0.2, 0.25) is 0 Å². The van der Waals surface area contributed by atoms with Crippen LogP contribution in [0.5, 0.6) is 0 Å². The van der Waals surface area contributed by atoms with E-state index in [-0.39, 0.29) is 17.8 Å². The van der Waals surface area contributed by atoms with Gasteiger partial charge in [0.1, 0.15) is 11.5 Å². The first-order valence-electron chi connectivity index (χ1n) is 7.56. The zero-order valence-electron chi connectivity index (χ0n) is 12.6. The summed E-state index contributed by atoms with van der Waals surface area (Å²) in [5, 5.41) is 3.10. The van der Waals surface area contributed by atoms with E-state index in [9.17, 15) is 9.18 Å². The fourth-order valence-electron chi connectivity index (χ4n) is 2.89. The van der Waals surface area contributed by atoms with Gasteiger partial charge in [0.15, 0.2) is 0 Å². The lowest BCUT2D eigenvalue weighted by atomic mass is 10.0. The Morgan fingerprint density at radius 3 is 2.45 bits per heavy atom. The van der Waals surface area contributed by atoms with Crippen molar-refractivity contribution >= 4 is 11.6 Å². The van der Waals surface area contributed by atoms with Gasteiger partial charge in [0.25, 0.3) is 5.91 Å². The van der Waals surface area contributed by atoms with Gasteiger partial charge in [-0.15, -0.1) is 0 Å². The molecule has 0 saturated carbocycles. The predicted octanol–water partition coefficient (Wildman–Crippen LogP) is 2.56. The van der Waals surface area contributed by atoms with Crippen molar-refractivity contribution in [3.8, 4) is 0 Å². The third kappa shape index (κ3) is 3.13. The summed E-state index contributed by atoms with van der Waals surface area (Å²) < 4.78 is 14.8. The van der Waals surface area contributed by atoms with E-state index < -0.39 is 0 Å². The third-order valence-electron chi connectivity index (χ3n) is 4.20. The molecule has 3 rings (SSSR count). The van der Waals surface area contributed by atoms with Crippen LogP contribution in [0.15, 0.2) is 42.6 Å². The van der Waals surface area contributed by atoms with E-state index in [1.807, 2.05) is 29.9 Å². The van der Waals surface area contributed by atoms with Gasteiger partial charge in [-0.25, -0.2) is 4.39 Å². The second-order valence-corrected chi connectivity index (χ2v) is 5.72. The van der Waals surface area contributed by atoms with Crippen LogP contribution < -0.4 is 10.2 Å². The van der Waals surface area contributed by atoms with Crippen LogP contribution in [0.4, 0.5) is 10.1 Å². The van der Waals surface area contributed by atoms with Crippen molar-refractivity contribution in [3.63, 3.8) is 0 Å². The van der Waals surface area contributed by atoms with Crippen LogP contribution >= 0.6 is 0 Å². The number of amides is 1. The summed E-state index contributed by atoms with van der Waals surface area (Å²) in [7, 11) is 1.87. The number of carbonyl (C=O) groups is 1. The fourth-order valence-corrected chi connectivity index (χ4v) is 2.89. The van der Waals surface area contributed by atoms with Crippen molar-refractivity contribution in [1.29, 1.82) is 0 Å². The lowest BCUT2D eigenvalue weighted by Gasteiger charge is -2.34. The molecule has 2 heterocycles. The number of anilines is 1. The van der Waals surface area contributed by atoms with Crippen molar-refractivity contribution in [3.05, 3.63) is 54.1 Å². The second kappa shape index (κ2) is 6.22. The number of piperidine rings is 1. The molecule has 22 heavy (non-hydrogen) atoms. The monoisotopic (exact) mass is 301 g/mol. The predicted molar refractivity (Wildman–Crippen MR) is 84.5 cm³/mol. The third-order valence-corrected chi connectivity index (χ3v) is 4.20. The van der Waals surface area contributed by atoms with Crippen LogP contribution in [0.25, 0.3) is 0 Å². The molecule has 0 unspecified atom stereocenters. The smallest absolute Gasteiger partial charge is 0.268 e. The number of nitrogens with one attached hydrogen (secondary N) is 1. The summed E-state index contributed by atoms with van der Waals surface area (Å²) >= 11 is 0. The average molecular weight is 301 g/mol. The molecule has 4 nitrogen and oxygen atoms in total. The Hall–Kier alpha value is -2.30. The van der Waals surface area contributed by atoms with Gasteiger partial charge in [0.05, 0.1) is 0 Å². The number of carbonyl (C=O) groups excluding carboxylic acids is 1. The summed E-state index contributed by atoms with van der Waals surface area (Å²) in [6.45, 7) is 1.73. The quantitative estimate of drug-likeness (QED) is 0.946. The topological polar surface area (TPSA) is 37.3 Å². The number of halogens is 1. The van der Waals surface area contributed by atoms with Crippen LogP contribution in [0, 0.1) is 5.82 Å². The molecule has 1 fully saturated rings. The molecule has 116 valence electrons.